The Morgan fingerprint density at radius 2 is 1.77 bits per heavy atom. The van der Waals surface area contributed by atoms with Gasteiger partial charge in [-0.3, -0.25) is 4.79 Å². The summed E-state index contributed by atoms with van der Waals surface area (Å²) < 4.78 is 6.54. The van der Waals surface area contributed by atoms with Crippen molar-refractivity contribution in [3.05, 3.63) is 65.3 Å². The Hall–Kier alpha value is -3.59. The summed E-state index contributed by atoms with van der Waals surface area (Å²) in [4.78, 5) is 31.6. The van der Waals surface area contributed by atoms with Gasteiger partial charge >= 0.3 is 0 Å². The maximum atomic E-state index is 12.7. The molecule has 0 radical (unpaired) electrons. The van der Waals surface area contributed by atoms with Crippen molar-refractivity contribution < 1.29 is 9.53 Å². The van der Waals surface area contributed by atoms with Gasteiger partial charge in [0.15, 0.2) is 12.3 Å². The molecular formula is C26H27BrN6O2. The van der Waals surface area contributed by atoms with E-state index in [0.717, 1.165) is 32.8 Å². The zero-order chi connectivity index (χ0) is 24.4. The fraction of sp³-hybridized carbons (Fsp3) is 0.269. The van der Waals surface area contributed by atoms with Crippen LogP contribution in [0.2, 0.25) is 0 Å². The van der Waals surface area contributed by atoms with Crippen molar-refractivity contribution >= 4 is 44.4 Å². The van der Waals surface area contributed by atoms with Crippen molar-refractivity contribution in [1.29, 1.82) is 0 Å². The Balaban J connectivity index is 1.30. The third-order valence-corrected chi connectivity index (χ3v) is 6.74. The Kier molecular flexibility index (Phi) is 6.59. The first-order valence-electron chi connectivity index (χ1n) is 11.5. The van der Waals surface area contributed by atoms with Gasteiger partial charge in [0, 0.05) is 57.7 Å². The smallest absolute Gasteiger partial charge is 0.260 e. The van der Waals surface area contributed by atoms with E-state index in [1.165, 1.54) is 0 Å². The molecule has 2 aromatic heterocycles. The molecule has 8 nitrogen and oxygen atoms in total. The van der Waals surface area contributed by atoms with E-state index in [2.05, 4.69) is 60.0 Å². The van der Waals surface area contributed by atoms with E-state index >= 15 is 0 Å². The van der Waals surface area contributed by atoms with Crippen LogP contribution in [0.5, 0.6) is 5.75 Å². The summed E-state index contributed by atoms with van der Waals surface area (Å²) in [5.41, 5.74) is 4.71. The third kappa shape index (κ3) is 4.95. The largest absolute Gasteiger partial charge is 0.484 e. The van der Waals surface area contributed by atoms with Crippen LogP contribution in [0.15, 0.2) is 65.3 Å². The van der Waals surface area contributed by atoms with Crippen LogP contribution in [0, 0.1) is 0 Å². The number of ether oxygens (including phenoxy) is 1. The highest BCUT2D eigenvalue weighted by molar-refractivity contribution is 9.10. The molecule has 0 aliphatic carbocycles. The van der Waals surface area contributed by atoms with Gasteiger partial charge < -0.3 is 24.4 Å². The van der Waals surface area contributed by atoms with Crippen LogP contribution in [-0.4, -0.2) is 72.6 Å². The van der Waals surface area contributed by atoms with E-state index in [9.17, 15) is 4.79 Å². The molecule has 2 aromatic carbocycles. The van der Waals surface area contributed by atoms with Crippen LogP contribution in [-0.2, 0) is 4.79 Å². The summed E-state index contributed by atoms with van der Waals surface area (Å²) in [5, 5.41) is 0. The molecule has 1 aliphatic heterocycles. The Labute approximate surface area is 212 Å². The quantitative estimate of drug-likeness (QED) is 0.399. The number of hydrogen-bond acceptors (Lipinski definition) is 6. The van der Waals surface area contributed by atoms with Gasteiger partial charge in [-0.2, -0.15) is 0 Å². The van der Waals surface area contributed by atoms with Gasteiger partial charge in [0.05, 0.1) is 10.2 Å². The molecule has 180 valence electrons. The number of carbonyl (C=O) groups excluding carboxylic acids is 1. The number of para-hydroxylation sites is 1. The maximum absolute atomic E-state index is 12.7. The lowest BCUT2D eigenvalue weighted by Gasteiger charge is -2.36. The van der Waals surface area contributed by atoms with Crippen molar-refractivity contribution in [2.24, 2.45) is 0 Å². The summed E-state index contributed by atoms with van der Waals surface area (Å²) in [7, 11) is 4.04. The Morgan fingerprint density at radius 3 is 2.46 bits per heavy atom. The maximum Gasteiger partial charge on any atom is 0.260 e. The summed E-state index contributed by atoms with van der Waals surface area (Å²) in [5.74, 6) is 1.48. The molecule has 4 aromatic rings. The van der Waals surface area contributed by atoms with E-state index in [1.807, 2.05) is 49.3 Å². The number of aromatic nitrogens is 3. The van der Waals surface area contributed by atoms with E-state index in [0.29, 0.717) is 37.6 Å². The molecule has 1 fully saturated rings. The van der Waals surface area contributed by atoms with Gasteiger partial charge in [-0.1, -0.05) is 18.2 Å². The Morgan fingerprint density at radius 1 is 1.06 bits per heavy atom. The van der Waals surface area contributed by atoms with E-state index in [4.69, 9.17) is 9.72 Å². The number of imidazole rings is 1. The fourth-order valence-electron chi connectivity index (χ4n) is 4.22. The molecule has 5 rings (SSSR count). The molecule has 0 spiro atoms. The molecule has 3 heterocycles. The third-order valence-electron chi connectivity index (χ3n) is 6.16. The minimum atomic E-state index is -0.00237. The van der Waals surface area contributed by atoms with Crippen molar-refractivity contribution in [1.82, 2.24) is 19.9 Å². The van der Waals surface area contributed by atoms with E-state index in [-0.39, 0.29) is 12.5 Å². The average molecular weight is 535 g/mol. The van der Waals surface area contributed by atoms with E-state index < -0.39 is 0 Å². The number of benzene rings is 2. The second-order valence-electron chi connectivity index (χ2n) is 8.65. The number of fused-ring (bicyclic) bond motifs is 1. The summed E-state index contributed by atoms with van der Waals surface area (Å²) in [6.45, 7) is 2.71. The number of hydrogen-bond donors (Lipinski definition) is 1. The van der Waals surface area contributed by atoms with Gasteiger partial charge in [-0.05, 0) is 52.3 Å². The standard InChI is InChI=1S/C26H27BrN6O2/c1-31(2)19-10-8-18(9-11-19)25-29-23-24(21(27)16-28-26(23)30-25)33-14-12-32(13-15-33)22(34)17-35-20-6-4-3-5-7-20/h3-11,16H,12-15,17H2,1-2H3,(H,28,29,30). The molecule has 1 saturated heterocycles. The van der Waals surface area contributed by atoms with Crippen LogP contribution in [0.3, 0.4) is 0 Å². The molecular weight excluding hydrogens is 508 g/mol. The minimum Gasteiger partial charge on any atom is -0.484 e. The van der Waals surface area contributed by atoms with Crippen LogP contribution in [0.4, 0.5) is 11.4 Å². The number of piperazine rings is 1. The topological polar surface area (TPSA) is 77.6 Å². The molecule has 1 aliphatic rings. The summed E-state index contributed by atoms with van der Waals surface area (Å²) in [6, 6.07) is 17.7. The molecule has 1 N–H and O–H groups in total. The Bertz CT molecular complexity index is 1320. The number of anilines is 2. The monoisotopic (exact) mass is 534 g/mol. The number of aromatic amines is 1. The second-order valence-corrected chi connectivity index (χ2v) is 9.50. The second kappa shape index (κ2) is 9.95. The number of rotatable bonds is 6. The molecule has 0 unspecified atom stereocenters. The lowest BCUT2D eigenvalue weighted by atomic mass is 10.2. The van der Waals surface area contributed by atoms with E-state index in [1.54, 1.807) is 6.20 Å². The molecule has 9 heteroatoms. The van der Waals surface area contributed by atoms with Crippen LogP contribution < -0.4 is 14.5 Å². The normalized spacial score (nSPS) is 13.8. The zero-order valence-corrected chi connectivity index (χ0v) is 21.3. The highest BCUT2D eigenvalue weighted by atomic mass is 79.9. The number of nitrogens with zero attached hydrogens (tertiary/aromatic N) is 5. The highest BCUT2D eigenvalue weighted by Crippen LogP contribution is 2.34. The number of amides is 1. The molecule has 0 atom stereocenters. The van der Waals surface area contributed by atoms with Gasteiger partial charge in [0.2, 0.25) is 0 Å². The first-order valence-corrected chi connectivity index (χ1v) is 12.3. The lowest BCUT2D eigenvalue weighted by molar-refractivity contribution is -0.133. The first-order chi connectivity index (χ1) is 17.0. The number of H-pyrrole nitrogens is 1. The van der Waals surface area contributed by atoms with Crippen molar-refractivity contribution in [3.8, 4) is 17.1 Å². The number of halogens is 1. The summed E-state index contributed by atoms with van der Waals surface area (Å²) >= 11 is 3.68. The van der Waals surface area contributed by atoms with Crippen molar-refractivity contribution in [2.75, 3.05) is 56.7 Å². The zero-order valence-electron chi connectivity index (χ0n) is 19.7. The van der Waals surface area contributed by atoms with Crippen molar-refractivity contribution in [3.63, 3.8) is 0 Å². The predicted octanol–water partition coefficient (Wildman–Crippen LogP) is 4.18. The van der Waals surface area contributed by atoms with Gasteiger partial charge in [0.1, 0.15) is 17.1 Å². The van der Waals surface area contributed by atoms with Crippen LogP contribution in [0.25, 0.3) is 22.6 Å². The molecule has 0 bridgehead atoms. The van der Waals surface area contributed by atoms with Gasteiger partial charge in [-0.15, -0.1) is 0 Å². The summed E-state index contributed by atoms with van der Waals surface area (Å²) in [6.07, 6.45) is 1.79. The molecule has 1 amide bonds. The first kappa shape index (κ1) is 23.2. The predicted molar refractivity (Wildman–Crippen MR) is 142 cm³/mol. The fourth-order valence-corrected chi connectivity index (χ4v) is 4.77. The molecule has 0 saturated carbocycles. The van der Waals surface area contributed by atoms with Crippen molar-refractivity contribution in [2.45, 2.75) is 0 Å². The van der Waals surface area contributed by atoms with Gasteiger partial charge in [-0.25, -0.2) is 9.97 Å². The number of nitrogens with one attached hydrogen (secondary N) is 1. The highest BCUT2D eigenvalue weighted by Gasteiger charge is 2.25. The average Bonchev–Trinajstić information content (AvgIpc) is 3.32. The van der Waals surface area contributed by atoms with Gasteiger partial charge in [0.25, 0.3) is 5.91 Å². The van der Waals surface area contributed by atoms with Crippen LogP contribution in [0.1, 0.15) is 0 Å². The molecule has 35 heavy (non-hydrogen) atoms. The minimum absolute atomic E-state index is 0.00237. The number of carbonyl (C=O) groups is 1. The van der Waals surface area contributed by atoms with Crippen LogP contribution >= 0.6 is 15.9 Å². The SMILES string of the molecule is CN(C)c1ccc(-c2nc3ncc(Br)c(N4CCN(C(=O)COc5ccccc5)CC4)c3[nH]2)cc1. The lowest BCUT2D eigenvalue weighted by Crippen LogP contribution is -2.50. The number of pyridine rings is 1.